The largest absolute Gasteiger partial charge is 0.358 e. The molecule has 1 nitrogen and oxygen atoms in total. The topological polar surface area (TPSA) is 3.24 Å². The van der Waals surface area contributed by atoms with Gasteiger partial charge in [-0.3, -0.25) is 0 Å². The van der Waals surface area contributed by atoms with E-state index < -0.39 is 0 Å². The van der Waals surface area contributed by atoms with E-state index in [0.717, 1.165) is 11.8 Å². The predicted octanol–water partition coefficient (Wildman–Crippen LogP) is 3.60. The minimum atomic E-state index is 0.647. The van der Waals surface area contributed by atoms with E-state index in [-0.39, 0.29) is 0 Å². The molecule has 0 aromatic rings. The molecule has 78 valence electrons. The van der Waals surface area contributed by atoms with Crippen LogP contribution in [0.5, 0.6) is 0 Å². The standard InChI is InChI=1S/C12H19NS/c1-9-6-4-5-7-12(9)13-8-14-11(3)10(13)2/h5,7,9,12H,4,6,8H2,1-3H3/t9?,12-/m0/s1. The number of hydrogen-bond donors (Lipinski definition) is 0. The zero-order valence-electron chi connectivity index (χ0n) is 9.29. The van der Waals surface area contributed by atoms with Crippen LogP contribution in [0.2, 0.25) is 0 Å². The van der Waals surface area contributed by atoms with Crippen LogP contribution in [-0.4, -0.2) is 16.8 Å². The summed E-state index contributed by atoms with van der Waals surface area (Å²) in [6, 6.07) is 0.647. The van der Waals surface area contributed by atoms with Gasteiger partial charge < -0.3 is 4.90 Å². The highest BCUT2D eigenvalue weighted by Crippen LogP contribution is 2.36. The second kappa shape index (κ2) is 4.01. The first-order chi connectivity index (χ1) is 6.70. The highest BCUT2D eigenvalue weighted by molar-refractivity contribution is 8.03. The van der Waals surface area contributed by atoms with Gasteiger partial charge in [-0.05, 0) is 32.6 Å². The maximum absolute atomic E-state index is 2.56. The van der Waals surface area contributed by atoms with Crippen LogP contribution in [0.15, 0.2) is 22.8 Å². The van der Waals surface area contributed by atoms with Crippen LogP contribution in [0.1, 0.15) is 33.6 Å². The molecule has 1 heterocycles. The maximum Gasteiger partial charge on any atom is 0.0686 e. The van der Waals surface area contributed by atoms with Gasteiger partial charge in [-0.2, -0.15) is 0 Å². The molecular formula is C12H19NS. The second-order valence-electron chi connectivity index (χ2n) is 4.36. The first kappa shape index (κ1) is 10.2. The fourth-order valence-corrected chi connectivity index (χ4v) is 3.27. The Morgan fingerprint density at radius 2 is 2.21 bits per heavy atom. The van der Waals surface area contributed by atoms with E-state index in [0.29, 0.717) is 6.04 Å². The van der Waals surface area contributed by atoms with Crippen molar-refractivity contribution in [3.63, 3.8) is 0 Å². The summed E-state index contributed by atoms with van der Waals surface area (Å²) in [5.41, 5.74) is 1.48. The summed E-state index contributed by atoms with van der Waals surface area (Å²) in [6.45, 7) is 6.86. The third kappa shape index (κ3) is 1.72. The van der Waals surface area contributed by atoms with Gasteiger partial charge in [-0.1, -0.05) is 19.1 Å². The SMILES string of the molecule is CC1=C(C)N([C@H]2C=CCCC2C)CS1. The van der Waals surface area contributed by atoms with E-state index in [9.17, 15) is 0 Å². The number of allylic oxidation sites excluding steroid dienone is 3. The first-order valence-electron chi connectivity index (χ1n) is 5.43. The van der Waals surface area contributed by atoms with Gasteiger partial charge in [-0.15, -0.1) is 11.8 Å². The average molecular weight is 209 g/mol. The molecule has 0 aromatic carbocycles. The van der Waals surface area contributed by atoms with Crippen molar-refractivity contribution in [2.45, 2.75) is 39.7 Å². The molecular weight excluding hydrogens is 190 g/mol. The van der Waals surface area contributed by atoms with E-state index >= 15 is 0 Å². The van der Waals surface area contributed by atoms with Crippen LogP contribution >= 0.6 is 11.8 Å². The Hall–Kier alpha value is -0.370. The third-order valence-corrected chi connectivity index (χ3v) is 4.56. The zero-order chi connectivity index (χ0) is 10.1. The molecule has 1 aliphatic heterocycles. The second-order valence-corrected chi connectivity index (χ2v) is 5.52. The minimum absolute atomic E-state index is 0.647. The monoisotopic (exact) mass is 209 g/mol. The van der Waals surface area contributed by atoms with E-state index in [4.69, 9.17) is 0 Å². The lowest BCUT2D eigenvalue weighted by atomic mass is 9.90. The Labute approximate surface area is 91.2 Å². The zero-order valence-corrected chi connectivity index (χ0v) is 10.1. The van der Waals surface area contributed by atoms with Crippen molar-refractivity contribution in [2.75, 3.05) is 5.88 Å². The molecule has 0 N–H and O–H groups in total. The number of thioether (sulfide) groups is 1. The Morgan fingerprint density at radius 1 is 1.43 bits per heavy atom. The Balaban J connectivity index is 2.15. The maximum atomic E-state index is 2.56. The summed E-state index contributed by atoms with van der Waals surface area (Å²) in [6.07, 6.45) is 7.35. The number of rotatable bonds is 1. The summed E-state index contributed by atoms with van der Waals surface area (Å²) >= 11 is 1.98. The van der Waals surface area contributed by atoms with Crippen LogP contribution in [-0.2, 0) is 0 Å². The lowest BCUT2D eigenvalue weighted by Gasteiger charge is -2.34. The van der Waals surface area contributed by atoms with Gasteiger partial charge in [0.25, 0.3) is 0 Å². The lowest BCUT2D eigenvalue weighted by Crippen LogP contribution is -2.36. The van der Waals surface area contributed by atoms with Crippen LogP contribution in [0.4, 0.5) is 0 Å². The molecule has 0 aromatic heterocycles. The molecule has 2 aliphatic rings. The summed E-state index contributed by atoms with van der Waals surface area (Å²) in [5, 5.41) is 0. The molecule has 14 heavy (non-hydrogen) atoms. The van der Waals surface area contributed by atoms with E-state index in [2.05, 4.69) is 37.8 Å². The molecule has 0 fully saturated rings. The molecule has 0 spiro atoms. The van der Waals surface area contributed by atoms with Crippen molar-refractivity contribution in [1.82, 2.24) is 4.90 Å². The molecule has 2 heteroatoms. The van der Waals surface area contributed by atoms with Crippen molar-refractivity contribution in [2.24, 2.45) is 5.92 Å². The Bertz CT molecular complexity index is 280. The molecule has 0 bridgehead atoms. The number of nitrogens with zero attached hydrogens (tertiary/aromatic N) is 1. The average Bonchev–Trinajstić information content (AvgIpc) is 2.49. The van der Waals surface area contributed by atoms with Gasteiger partial charge in [0.05, 0.1) is 11.9 Å². The molecule has 0 radical (unpaired) electrons. The van der Waals surface area contributed by atoms with Crippen LogP contribution in [0.3, 0.4) is 0 Å². The van der Waals surface area contributed by atoms with E-state index in [1.165, 1.54) is 23.4 Å². The van der Waals surface area contributed by atoms with Crippen molar-refractivity contribution >= 4 is 11.8 Å². The fourth-order valence-electron chi connectivity index (χ4n) is 2.25. The molecule has 0 amide bonds. The highest BCUT2D eigenvalue weighted by Gasteiger charge is 2.28. The Kier molecular flexibility index (Phi) is 2.91. The normalized spacial score (nSPS) is 32.9. The minimum Gasteiger partial charge on any atom is -0.358 e. The molecule has 1 unspecified atom stereocenters. The van der Waals surface area contributed by atoms with Crippen molar-refractivity contribution < 1.29 is 0 Å². The van der Waals surface area contributed by atoms with Crippen molar-refractivity contribution in [3.05, 3.63) is 22.8 Å². The summed E-state index contributed by atoms with van der Waals surface area (Å²) < 4.78 is 0. The van der Waals surface area contributed by atoms with E-state index in [1.807, 2.05) is 11.8 Å². The summed E-state index contributed by atoms with van der Waals surface area (Å²) in [7, 11) is 0. The third-order valence-electron chi connectivity index (χ3n) is 3.43. The Morgan fingerprint density at radius 3 is 2.79 bits per heavy atom. The fraction of sp³-hybridized carbons (Fsp3) is 0.667. The van der Waals surface area contributed by atoms with E-state index in [1.54, 1.807) is 0 Å². The van der Waals surface area contributed by atoms with Gasteiger partial charge >= 0.3 is 0 Å². The van der Waals surface area contributed by atoms with Crippen molar-refractivity contribution in [3.8, 4) is 0 Å². The van der Waals surface area contributed by atoms with Crippen molar-refractivity contribution in [1.29, 1.82) is 0 Å². The van der Waals surface area contributed by atoms with Crippen LogP contribution in [0.25, 0.3) is 0 Å². The van der Waals surface area contributed by atoms with Crippen LogP contribution in [0, 0.1) is 5.92 Å². The first-order valence-corrected chi connectivity index (χ1v) is 6.42. The van der Waals surface area contributed by atoms with Gasteiger partial charge in [0, 0.05) is 10.6 Å². The summed E-state index contributed by atoms with van der Waals surface area (Å²) in [5.74, 6) is 1.96. The quantitative estimate of drug-likeness (QED) is 0.607. The molecule has 0 saturated heterocycles. The van der Waals surface area contributed by atoms with Gasteiger partial charge in [0.1, 0.15) is 0 Å². The van der Waals surface area contributed by atoms with Gasteiger partial charge in [0.2, 0.25) is 0 Å². The molecule has 1 aliphatic carbocycles. The summed E-state index contributed by atoms with van der Waals surface area (Å²) in [4.78, 5) is 4.05. The van der Waals surface area contributed by atoms with Gasteiger partial charge in [-0.25, -0.2) is 0 Å². The smallest absolute Gasteiger partial charge is 0.0686 e. The highest BCUT2D eigenvalue weighted by atomic mass is 32.2. The predicted molar refractivity (Wildman–Crippen MR) is 64.0 cm³/mol. The molecule has 0 saturated carbocycles. The molecule has 2 atom stereocenters. The van der Waals surface area contributed by atoms with Crippen LogP contribution < -0.4 is 0 Å². The lowest BCUT2D eigenvalue weighted by molar-refractivity contribution is 0.252. The number of hydrogen-bond acceptors (Lipinski definition) is 2. The van der Waals surface area contributed by atoms with Gasteiger partial charge in [0.15, 0.2) is 0 Å². The molecule has 2 rings (SSSR count).